The molecule has 0 radical (unpaired) electrons. The van der Waals surface area contributed by atoms with Gasteiger partial charge in [-0.2, -0.15) is 5.26 Å². The Bertz CT molecular complexity index is 483. The van der Waals surface area contributed by atoms with E-state index in [2.05, 4.69) is 10.6 Å². The highest BCUT2D eigenvalue weighted by atomic mass is 19.2. The Hall–Kier alpha value is -2.16. The third-order valence-corrected chi connectivity index (χ3v) is 2.21. The van der Waals surface area contributed by atoms with Crippen molar-refractivity contribution in [1.82, 2.24) is 5.32 Å². The molecule has 0 spiro atoms. The smallest absolute Gasteiger partial charge is 0.239 e. The van der Waals surface area contributed by atoms with Gasteiger partial charge in [0.05, 0.1) is 17.8 Å². The zero-order valence-corrected chi connectivity index (χ0v) is 9.89. The van der Waals surface area contributed by atoms with Crippen LogP contribution in [0.3, 0.4) is 0 Å². The van der Waals surface area contributed by atoms with E-state index in [9.17, 15) is 13.6 Å². The first-order valence-corrected chi connectivity index (χ1v) is 5.48. The Morgan fingerprint density at radius 3 is 2.72 bits per heavy atom. The summed E-state index contributed by atoms with van der Waals surface area (Å²) >= 11 is 0. The molecule has 1 amide bonds. The van der Waals surface area contributed by atoms with E-state index < -0.39 is 11.6 Å². The van der Waals surface area contributed by atoms with Crippen LogP contribution in [-0.2, 0) is 4.79 Å². The average Bonchev–Trinajstić information content (AvgIpc) is 2.38. The van der Waals surface area contributed by atoms with Crippen LogP contribution in [-0.4, -0.2) is 19.0 Å². The van der Waals surface area contributed by atoms with E-state index in [0.29, 0.717) is 6.54 Å². The molecule has 0 saturated carbocycles. The van der Waals surface area contributed by atoms with Crippen molar-refractivity contribution >= 4 is 11.6 Å². The second-order valence-electron chi connectivity index (χ2n) is 3.60. The highest BCUT2D eigenvalue weighted by Gasteiger charge is 2.13. The van der Waals surface area contributed by atoms with E-state index >= 15 is 0 Å². The van der Waals surface area contributed by atoms with Crippen molar-refractivity contribution in [3.05, 3.63) is 29.3 Å². The van der Waals surface area contributed by atoms with Gasteiger partial charge in [-0.15, -0.1) is 0 Å². The maximum atomic E-state index is 13.4. The lowest BCUT2D eigenvalue weighted by atomic mass is 10.2. The first kappa shape index (κ1) is 13.9. The molecule has 6 heteroatoms. The number of hydrogen-bond donors (Lipinski definition) is 2. The molecule has 0 fully saturated rings. The van der Waals surface area contributed by atoms with Gasteiger partial charge in [-0.3, -0.25) is 4.79 Å². The minimum Gasteiger partial charge on any atom is -0.374 e. The summed E-state index contributed by atoms with van der Waals surface area (Å²) in [6, 6.07) is 3.92. The third-order valence-electron chi connectivity index (χ3n) is 2.21. The van der Waals surface area contributed by atoms with Gasteiger partial charge in [0, 0.05) is 6.54 Å². The Kier molecular flexibility index (Phi) is 5.06. The number of carbonyl (C=O) groups excluding carboxylic acids is 1. The highest BCUT2D eigenvalue weighted by molar-refractivity contribution is 5.80. The fourth-order valence-electron chi connectivity index (χ4n) is 1.27. The van der Waals surface area contributed by atoms with E-state index in [0.717, 1.165) is 12.5 Å². The lowest BCUT2D eigenvalue weighted by Gasteiger charge is -2.08. The van der Waals surface area contributed by atoms with Gasteiger partial charge >= 0.3 is 0 Å². The summed E-state index contributed by atoms with van der Waals surface area (Å²) in [6.45, 7) is 2.29. The number of anilines is 1. The standard InChI is InChI=1S/C12H13F2N3O/c1-2-5-16-10(18)7-17-9-4-3-8(6-15)11(13)12(9)14/h3-4,17H,2,5,7H2,1H3,(H,16,18). The average molecular weight is 253 g/mol. The van der Waals surface area contributed by atoms with Crippen LogP contribution < -0.4 is 10.6 Å². The molecule has 1 aromatic rings. The zero-order valence-electron chi connectivity index (χ0n) is 9.89. The predicted octanol–water partition coefficient (Wildman–Crippen LogP) is 1.77. The summed E-state index contributed by atoms with van der Waals surface area (Å²) in [5.74, 6) is -2.67. The van der Waals surface area contributed by atoms with Crippen LogP contribution in [0.25, 0.3) is 0 Å². The van der Waals surface area contributed by atoms with Crippen LogP contribution in [0.15, 0.2) is 12.1 Å². The SMILES string of the molecule is CCCNC(=O)CNc1ccc(C#N)c(F)c1F. The van der Waals surface area contributed by atoms with Gasteiger partial charge in [0.1, 0.15) is 6.07 Å². The molecule has 0 aliphatic rings. The number of carbonyl (C=O) groups is 1. The van der Waals surface area contributed by atoms with Crippen LogP contribution in [0.2, 0.25) is 0 Å². The molecule has 0 unspecified atom stereocenters. The van der Waals surface area contributed by atoms with Crippen LogP contribution in [0.5, 0.6) is 0 Å². The van der Waals surface area contributed by atoms with E-state index in [1.165, 1.54) is 12.1 Å². The number of rotatable bonds is 5. The number of amides is 1. The second-order valence-corrected chi connectivity index (χ2v) is 3.60. The lowest BCUT2D eigenvalue weighted by Crippen LogP contribution is -2.30. The lowest BCUT2D eigenvalue weighted by molar-refractivity contribution is -0.119. The Morgan fingerprint density at radius 2 is 2.11 bits per heavy atom. The number of benzene rings is 1. The van der Waals surface area contributed by atoms with Crippen molar-refractivity contribution in [3.8, 4) is 6.07 Å². The number of nitrogens with zero attached hydrogens (tertiary/aromatic N) is 1. The van der Waals surface area contributed by atoms with Crippen molar-refractivity contribution < 1.29 is 13.6 Å². The number of nitrogens with one attached hydrogen (secondary N) is 2. The molecule has 1 aromatic carbocycles. The van der Waals surface area contributed by atoms with E-state index in [-0.39, 0.29) is 23.7 Å². The molecular weight excluding hydrogens is 240 g/mol. The van der Waals surface area contributed by atoms with Crippen LogP contribution in [0, 0.1) is 23.0 Å². The molecule has 96 valence electrons. The second kappa shape index (κ2) is 6.55. The van der Waals surface area contributed by atoms with Crippen LogP contribution >= 0.6 is 0 Å². The maximum Gasteiger partial charge on any atom is 0.239 e. The monoisotopic (exact) mass is 253 g/mol. The Morgan fingerprint density at radius 1 is 1.39 bits per heavy atom. The summed E-state index contributed by atoms with van der Waals surface area (Å²) in [4.78, 5) is 11.3. The first-order chi connectivity index (χ1) is 8.60. The molecule has 0 saturated heterocycles. The van der Waals surface area contributed by atoms with Gasteiger partial charge in [-0.05, 0) is 18.6 Å². The van der Waals surface area contributed by atoms with Gasteiger partial charge in [0.2, 0.25) is 5.91 Å². The molecule has 0 aromatic heterocycles. The normalized spacial score (nSPS) is 9.67. The topological polar surface area (TPSA) is 64.9 Å². The molecule has 0 atom stereocenters. The van der Waals surface area contributed by atoms with Crippen molar-refractivity contribution in [2.45, 2.75) is 13.3 Å². The predicted molar refractivity (Wildman–Crippen MR) is 62.9 cm³/mol. The summed E-state index contributed by atoms with van der Waals surface area (Å²) in [7, 11) is 0. The summed E-state index contributed by atoms with van der Waals surface area (Å²) in [5, 5.41) is 13.6. The quantitative estimate of drug-likeness (QED) is 0.840. The molecule has 0 bridgehead atoms. The van der Waals surface area contributed by atoms with Crippen molar-refractivity contribution in [1.29, 1.82) is 5.26 Å². The minimum atomic E-state index is -1.21. The van der Waals surface area contributed by atoms with Gasteiger partial charge in [-0.1, -0.05) is 6.92 Å². The molecule has 1 rings (SSSR count). The van der Waals surface area contributed by atoms with Gasteiger partial charge in [0.15, 0.2) is 11.6 Å². The molecule has 0 aliphatic carbocycles. The molecular formula is C12H13F2N3O. The Labute approximate surface area is 104 Å². The van der Waals surface area contributed by atoms with Gasteiger partial charge < -0.3 is 10.6 Å². The molecule has 2 N–H and O–H groups in total. The molecule has 0 aliphatic heterocycles. The number of hydrogen-bond acceptors (Lipinski definition) is 3. The number of halogens is 2. The van der Waals surface area contributed by atoms with Crippen LogP contribution in [0.4, 0.5) is 14.5 Å². The van der Waals surface area contributed by atoms with Crippen molar-refractivity contribution in [2.24, 2.45) is 0 Å². The van der Waals surface area contributed by atoms with Crippen molar-refractivity contribution in [2.75, 3.05) is 18.4 Å². The third kappa shape index (κ3) is 3.42. The zero-order chi connectivity index (χ0) is 13.5. The fourth-order valence-corrected chi connectivity index (χ4v) is 1.27. The van der Waals surface area contributed by atoms with E-state index in [1.807, 2.05) is 6.92 Å². The van der Waals surface area contributed by atoms with Gasteiger partial charge in [-0.25, -0.2) is 8.78 Å². The van der Waals surface area contributed by atoms with E-state index in [1.54, 1.807) is 0 Å². The number of nitriles is 1. The minimum absolute atomic E-state index is 0.141. The molecule has 4 nitrogen and oxygen atoms in total. The summed E-state index contributed by atoms with van der Waals surface area (Å²) < 4.78 is 26.7. The summed E-state index contributed by atoms with van der Waals surface area (Å²) in [6.07, 6.45) is 0.797. The maximum absolute atomic E-state index is 13.4. The Balaban J connectivity index is 2.67. The van der Waals surface area contributed by atoms with E-state index in [4.69, 9.17) is 5.26 Å². The molecule has 18 heavy (non-hydrogen) atoms. The first-order valence-electron chi connectivity index (χ1n) is 5.48. The van der Waals surface area contributed by atoms with Gasteiger partial charge in [0.25, 0.3) is 0 Å². The summed E-state index contributed by atoms with van der Waals surface area (Å²) in [5.41, 5.74) is -0.508. The fraction of sp³-hybridized carbons (Fsp3) is 0.333. The highest BCUT2D eigenvalue weighted by Crippen LogP contribution is 2.19. The molecule has 0 heterocycles. The van der Waals surface area contributed by atoms with Crippen molar-refractivity contribution in [3.63, 3.8) is 0 Å². The van der Waals surface area contributed by atoms with Crippen LogP contribution in [0.1, 0.15) is 18.9 Å². The largest absolute Gasteiger partial charge is 0.374 e.